The zero-order chi connectivity index (χ0) is 14.2. The van der Waals surface area contributed by atoms with E-state index in [0.29, 0.717) is 11.4 Å². The lowest BCUT2D eigenvalue weighted by molar-refractivity contribution is 0.339. The number of nitrogens with zero attached hydrogens (tertiary/aromatic N) is 2. The maximum absolute atomic E-state index is 6.37. The average Bonchev–Trinajstić information content (AvgIpc) is 2.43. The van der Waals surface area contributed by atoms with Crippen molar-refractivity contribution in [3.63, 3.8) is 0 Å². The van der Waals surface area contributed by atoms with Crippen molar-refractivity contribution in [3.05, 3.63) is 69.8 Å². The Kier molecular flexibility index (Phi) is 3.30. The van der Waals surface area contributed by atoms with E-state index in [1.54, 1.807) is 0 Å². The molecule has 2 atom stereocenters. The molecule has 1 aliphatic heterocycles. The van der Waals surface area contributed by atoms with Crippen LogP contribution in [0.3, 0.4) is 0 Å². The summed E-state index contributed by atoms with van der Waals surface area (Å²) in [4.78, 5) is 9.05. The number of halogens is 1. The summed E-state index contributed by atoms with van der Waals surface area (Å²) in [7, 11) is 0. The number of para-hydroxylation sites is 2. The molecule has 3 rings (SSSR count). The first-order valence-electron chi connectivity index (χ1n) is 6.38. The fourth-order valence-corrected chi connectivity index (χ4v) is 2.42. The first-order valence-corrected chi connectivity index (χ1v) is 6.76. The molecule has 4 N–H and O–H groups in total. The SMILES string of the molecule is NC1N=c2ccccc2=NC1(N)Cc1ccc(Cl)cc1. The molecule has 0 amide bonds. The zero-order valence-electron chi connectivity index (χ0n) is 10.8. The third-order valence-corrected chi connectivity index (χ3v) is 3.65. The summed E-state index contributed by atoms with van der Waals surface area (Å²) in [5.74, 6) is 0. The predicted octanol–water partition coefficient (Wildman–Crippen LogP) is 0.775. The van der Waals surface area contributed by atoms with E-state index in [9.17, 15) is 0 Å². The van der Waals surface area contributed by atoms with E-state index < -0.39 is 11.8 Å². The Labute approximate surface area is 121 Å². The van der Waals surface area contributed by atoms with Crippen LogP contribution in [0.5, 0.6) is 0 Å². The number of nitrogens with two attached hydrogens (primary N) is 2. The Morgan fingerprint density at radius 2 is 1.70 bits per heavy atom. The Hall–Kier alpha value is -1.75. The standard InChI is InChI=1S/C15H15ClN4/c16-11-7-5-10(6-8-11)9-15(18)14(17)19-12-3-1-2-4-13(12)20-15/h1-8,14H,9,17-18H2. The number of hydrogen-bond donors (Lipinski definition) is 2. The van der Waals surface area contributed by atoms with Crippen molar-refractivity contribution in [2.45, 2.75) is 18.2 Å². The normalized spacial score (nSPS) is 24.4. The lowest BCUT2D eigenvalue weighted by Crippen LogP contribution is -2.59. The Bertz CT molecular complexity index is 741. The van der Waals surface area contributed by atoms with Crippen LogP contribution in [0.1, 0.15) is 5.56 Å². The van der Waals surface area contributed by atoms with Crippen molar-refractivity contribution >= 4 is 11.6 Å². The summed E-state index contributed by atoms with van der Waals surface area (Å²) in [5, 5.41) is 2.27. The highest BCUT2D eigenvalue weighted by atomic mass is 35.5. The van der Waals surface area contributed by atoms with Gasteiger partial charge in [0.05, 0.1) is 10.7 Å². The van der Waals surface area contributed by atoms with Gasteiger partial charge in [-0.2, -0.15) is 0 Å². The highest BCUT2D eigenvalue weighted by molar-refractivity contribution is 6.30. The number of hydrogen-bond acceptors (Lipinski definition) is 4. The van der Waals surface area contributed by atoms with Crippen LogP contribution >= 0.6 is 11.6 Å². The minimum Gasteiger partial charge on any atom is -0.307 e. The van der Waals surface area contributed by atoms with Crippen LogP contribution in [0.15, 0.2) is 58.5 Å². The number of fused-ring (bicyclic) bond motifs is 1. The molecule has 1 aliphatic rings. The number of benzene rings is 2. The maximum Gasteiger partial charge on any atom is 0.148 e. The van der Waals surface area contributed by atoms with E-state index in [0.717, 1.165) is 16.3 Å². The van der Waals surface area contributed by atoms with Crippen LogP contribution in [0.4, 0.5) is 0 Å². The summed E-state index contributed by atoms with van der Waals surface area (Å²) in [6.07, 6.45) is -0.0449. The summed E-state index contributed by atoms with van der Waals surface area (Å²) in [5.41, 5.74) is 12.6. The van der Waals surface area contributed by atoms with E-state index in [4.69, 9.17) is 23.1 Å². The molecule has 0 aromatic heterocycles. The molecular weight excluding hydrogens is 272 g/mol. The molecule has 20 heavy (non-hydrogen) atoms. The van der Waals surface area contributed by atoms with Crippen LogP contribution in [0.25, 0.3) is 0 Å². The summed E-state index contributed by atoms with van der Waals surface area (Å²) in [6.45, 7) is 0. The second kappa shape index (κ2) is 4.98. The van der Waals surface area contributed by atoms with Gasteiger partial charge in [-0.15, -0.1) is 0 Å². The zero-order valence-corrected chi connectivity index (χ0v) is 11.6. The van der Waals surface area contributed by atoms with Gasteiger partial charge in [-0.3, -0.25) is 9.98 Å². The fourth-order valence-electron chi connectivity index (χ4n) is 2.29. The molecule has 0 radical (unpaired) electrons. The topological polar surface area (TPSA) is 76.8 Å². The highest BCUT2D eigenvalue weighted by Gasteiger charge is 2.33. The molecule has 2 unspecified atom stereocenters. The molecule has 1 heterocycles. The third kappa shape index (κ3) is 2.45. The van der Waals surface area contributed by atoms with E-state index in [2.05, 4.69) is 9.98 Å². The van der Waals surface area contributed by atoms with E-state index >= 15 is 0 Å². The van der Waals surface area contributed by atoms with Gasteiger partial charge >= 0.3 is 0 Å². The van der Waals surface area contributed by atoms with Gasteiger partial charge in [0.25, 0.3) is 0 Å². The molecule has 2 aromatic rings. The lowest BCUT2D eigenvalue weighted by atomic mass is 9.97. The molecule has 0 saturated heterocycles. The largest absolute Gasteiger partial charge is 0.307 e. The third-order valence-electron chi connectivity index (χ3n) is 3.40. The van der Waals surface area contributed by atoms with Gasteiger partial charge < -0.3 is 11.5 Å². The van der Waals surface area contributed by atoms with Gasteiger partial charge in [0, 0.05) is 11.4 Å². The molecule has 0 fully saturated rings. The van der Waals surface area contributed by atoms with Crippen LogP contribution < -0.4 is 22.2 Å². The molecule has 4 nitrogen and oxygen atoms in total. The molecule has 102 valence electrons. The molecular formula is C15H15ClN4. The molecule has 2 aromatic carbocycles. The fraction of sp³-hybridized carbons (Fsp3) is 0.200. The van der Waals surface area contributed by atoms with Crippen molar-refractivity contribution in [2.24, 2.45) is 21.5 Å². The quantitative estimate of drug-likeness (QED) is 0.856. The Balaban J connectivity index is 2.00. The van der Waals surface area contributed by atoms with Crippen LogP contribution in [0, 0.1) is 0 Å². The van der Waals surface area contributed by atoms with Crippen molar-refractivity contribution < 1.29 is 0 Å². The van der Waals surface area contributed by atoms with Gasteiger partial charge in [0.2, 0.25) is 0 Å². The molecule has 5 heteroatoms. The van der Waals surface area contributed by atoms with E-state index in [-0.39, 0.29) is 0 Å². The van der Waals surface area contributed by atoms with Crippen LogP contribution in [-0.2, 0) is 6.42 Å². The lowest BCUT2D eigenvalue weighted by Gasteiger charge is -2.31. The van der Waals surface area contributed by atoms with E-state index in [1.807, 2.05) is 48.5 Å². The first kappa shape index (κ1) is 13.2. The van der Waals surface area contributed by atoms with Gasteiger partial charge in [0.15, 0.2) is 0 Å². The first-order chi connectivity index (χ1) is 9.57. The molecule has 0 aliphatic carbocycles. The Morgan fingerprint density at radius 3 is 2.40 bits per heavy atom. The van der Waals surface area contributed by atoms with Crippen molar-refractivity contribution in [1.82, 2.24) is 0 Å². The Morgan fingerprint density at radius 1 is 1.05 bits per heavy atom. The molecule has 0 saturated carbocycles. The maximum atomic E-state index is 6.37. The minimum absolute atomic E-state index is 0.517. The summed E-state index contributed by atoms with van der Waals surface area (Å²) < 4.78 is 0. The monoisotopic (exact) mass is 286 g/mol. The van der Waals surface area contributed by atoms with Gasteiger partial charge in [-0.1, -0.05) is 35.9 Å². The van der Waals surface area contributed by atoms with Gasteiger partial charge in [-0.25, -0.2) is 0 Å². The van der Waals surface area contributed by atoms with Crippen molar-refractivity contribution in [1.29, 1.82) is 0 Å². The summed E-state index contributed by atoms with van der Waals surface area (Å²) >= 11 is 5.89. The van der Waals surface area contributed by atoms with Crippen LogP contribution in [0.2, 0.25) is 5.02 Å². The predicted molar refractivity (Wildman–Crippen MR) is 78.8 cm³/mol. The highest BCUT2D eigenvalue weighted by Crippen LogP contribution is 2.18. The van der Waals surface area contributed by atoms with Crippen LogP contribution in [-0.4, -0.2) is 11.8 Å². The second-order valence-corrected chi connectivity index (χ2v) is 5.41. The number of rotatable bonds is 2. The van der Waals surface area contributed by atoms with Crippen molar-refractivity contribution in [3.8, 4) is 0 Å². The molecule has 0 bridgehead atoms. The summed E-state index contributed by atoms with van der Waals surface area (Å²) in [6, 6.07) is 15.1. The van der Waals surface area contributed by atoms with Crippen molar-refractivity contribution in [2.75, 3.05) is 0 Å². The minimum atomic E-state index is -0.928. The van der Waals surface area contributed by atoms with Gasteiger partial charge in [-0.05, 0) is 29.8 Å². The molecule has 0 spiro atoms. The smallest absolute Gasteiger partial charge is 0.148 e. The van der Waals surface area contributed by atoms with Gasteiger partial charge in [0.1, 0.15) is 11.8 Å². The van der Waals surface area contributed by atoms with E-state index in [1.165, 1.54) is 0 Å². The second-order valence-electron chi connectivity index (χ2n) is 4.97. The average molecular weight is 287 g/mol.